The van der Waals surface area contributed by atoms with Crippen LogP contribution in [0.15, 0.2) is 5.51 Å². The van der Waals surface area contributed by atoms with Gasteiger partial charge in [0.2, 0.25) is 4.96 Å². The average Bonchev–Trinajstić information content (AvgIpc) is 2.76. The second-order valence-electron chi connectivity index (χ2n) is 3.96. The lowest BCUT2D eigenvalue weighted by atomic mass is 9.88. The molecule has 2 aromatic heterocycles. The molecule has 1 atom stereocenters. The van der Waals surface area contributed by atoms with Crippen LogP contribution in [0.5, 0.6) is 0 Å². The van der Waals surface area contributed by atoms with Gasteiger partial charge < -0.3 is 0 Å². The molecule has 3 rings (SSSR count). The van der Waals surface area contributed by atoms with Crippen LogP contribution >= 0.6 is 11.3 Å². The van der Waals surface area contributed by atoms with Gasteiger partial charge in [-0.15, -0.1) is 0 Å². The predicted octanol–water partition coefficient (Wildman–Crippen LogP) is 2.31. The van der Waals surface area contributed by atoms with E-state index in [1.165, 1.54) is 24.2 Å². The summed E-state index contributed by atoms with van der Waals surface area (Å²) in [6.07, 6.45) is 4.88. The van der Waals surface area contributed by atoms with E-state index < -0.39 is 0 Å². The van der Waals surface area contributed by atoms with E-state index in [-0.39, 0.29) is 0 Å². The Balaban J connectivity index is 2.11. The van der Waals surface area contributed by atoms with Crippen molar-refractivity contribution in [3.63, 3.8) is 0 Å². The second kappa shape index (κ2) is 3.05. The molecule has 74 valence electrons. The van der Waals surface area contributed by atoms with Crippen molar-refractivity contribution < 1.29 is 0 Å². The van der Waals surface area contributed by atoms with Crippen molar-refractivity contribution in [2.45, 2.75) is 32.6 Å². The van der Waals surface area contributed by atoms with Crippen LogP contribution in [0.4, 0.5) is 0 Å². The van der Waals surface area contributed by atoms with Crippen molar-refractivity contribution in [2.24, 2.45) is 5.92 Å². The van der Waals surface area contributed by atoms with E-state index in [1.807, 2.05) is 10.0 Å². The topological polar surface area (TPSA) is 30.2 Å². The van der Waals surface area contributed by atoms with Crippen molar-refractivity contribution in [2.75, 3.05) is 0 Å². The third-order valence-electron chi connectivity index (χ3n) is 3.17. The van der Waals surface area contributed by atoms with Gasteiger partial charge in [0.05, 0.1) is 11.4 Å². The molecule has 1 unspecified atom stereocenters. The molecule has 3 nitrogen and oxygen atoms in total. The minimum absolute atomic E-state index is 0.837. The summed E-state index contributed by atoms with van der Waals surface area (Å²) in [5, 5.41) is 4.33. The monoisotopic (exact) mass is 207 g/mol. The van der Waals surface area contributed by atoms with E-state index in [0.717, 1.165) is 23.7 Å². The number of aromatic nitrogens is 3. The van der Waals surface area contributed by atoms with Gasteiger partial charge in [0, 0.05) is 0 Å². The first-order valence-electron chi connectivity index (χ1n) is 5.18. The van der Waals surface area contributed by atoms with Crippen molar-refractivity contribution in [3.05, 3.63) is 16.9 Å². The van der Waals surface area contributed by atoms with Crippen LogP contribution in [0.1, 0.15) is 31.2 Å². The van der Waals surface area contributed by atoms with E-state index in [9.17, 15) is 0 Å². The highest BCUT2D eigenvalue weighted by Gasteiger charge is 2.22. The Kier molecular flexibility index (Phi) is 1.83. The van der Waals surface area contributed by atoms with Crippen LogP contribution in [-0.2, 0) is 12.8 Å². The molecule has 14 heavy (non-hydrogen) atoms. The third-order valence-corrected chi connectivity index (χ3v) is 3.84. The van der Waals surface area contributed by atoms with Gasteiger partial charge in [-0.2, -0.15) is 5.10 Å². The number of fused-ring (bicyclic) bond motifs is 3. The molecule has 0 N–H and O–H groups in total. The first-order valence-corrected chi connectivity index (χ1v) is 6.06. The summed E-state index contributed by atoms with van der Waals surface area (Å²) in [7, 11) is 0. The highest BCUT2D eigenvalue weighted by atomic mass is 32.1. The highest BCUT2D eigenvalue weighted by molar-refractivity contribution is 7.14. The molecule has 4 heteroatoms. The van der Waals surface area contributed by atoms with Gasteiger partial charge in [0.25, 0.3) is 0 Å². The Hall–Kier alpha value is -0.900. The van der Waals surface area contributed by atoms with Crippen LogP contribution < -0.4 is 0 Å². The standard InChI is InChI=1S/C10H13N3S/c1-2-7-3-4-8-9(5-7)13-10(12-8)14-6-11-13/h6-7H,2-5H2,1H3. The first-order chi connectivity index (χ1) is 6.88. The van der Waals surface area contributed by atoms with E-state index in [4.69, 9.17) is 0 Å². The maximum atomic E-state index is 4.60. The predicted molar refractivity (Wildman–Crippen MR) is 56.7 cm³/mol. The molecule has 1 aliphatic carbocycles. The zero-order valence-electron chi connectivity index (χ0n) is 8.23. The van der Waals surface area contributed by atoms with Crippen LogP contribution in [0.3, 0.4) is 0 Å². The van der Waals surface area contributed by atoms with Crippen molar-refractivity contribution >= 4 is 16.3 Å². The quantitative estimate of drug-likeness (QED) is 0.718. The molecule has 0 fully saturated rings. The molecule has 0 radical (unpaired) electrons. The number of hydrogen-bond donors (Lipinski definition) is 0. The minimum atomic E-state index is 0.837. The molecule has 0 aliphatic heterocycles. The number of rotatable bonds is 1. The van der Waals surface area contributed by atoms with E-state index in [2.05, 4.69) is 17.0 Å². The fraction of sp³-hybridized carbons (Fsp3) is 0.600. The Bertz CT molecular complexity index is 457. The van der Waals surface area contributed by atoms with E-state index in [0.29, 0.717) is 0 Å². The molecular weight excluding hydrogens is 194 g/mol. The Morgan fingerprint density at radius 2 is 2.57 bits per heavy atom. The molecule has 0 spiro atoms. The van der Waals surface area contributed by atoms with Gasteiger partial charge in [-0.1, -0.05) is 24.7 Å². The summed E-state index contributed by atoms with van der Waals surface area (Å²) in [6.45, 7) is 2.27. The molecule has 2 aromatic rings. The summed E-state index contributed by atoms with van der Waals surface area (Å²) in [6, 6.07) is 0. The highest BCUT2D eigenvalue weighted by Crippen LogP contribution is 2.28. The molecule has 0 aromatic carbocycles. The van der Waals surface area contributed by atoms with Crippen LogP contribution in [0.25, 0.3) is 4.96 Å². The summed E-state index contributed by atoms with van der Waals surface area (Å²) >= 11 is 1.63. The number of imidazole rings is 1. The minimum Gasteiger partial charge on any atom is -0.222 e. The summed E-state index contributed by atoms with van der Waals surface area (Å²) < 4.78 is 2.03. The molecule has 0 bridgehead atoms. The number of aryl methyl sites for hydroxylation is 1. The van der Waals surface area contributed by atoms with E-state index in [1.54, 1.807) is 11.3 Å². The SMILES string of the molecule is CCC1CCc2nc3scnn3c2C1. The molecule has 0 saturated heterocycles. The summed E-state index contributed by atoms with van der Waals surface area (Å²) in [4.78, 5) is 5.66. The molecule has 2 heterocycles. The van der Waals surface area contributed by atoms with Gasteiger partial charge in [0.1, 0.15) is 5.51 Å². The van der Waals surface area contributed by atoms with Crippen LogP contribution in [-0.4, -0.2) is 14.6 Å². The zero-order chi connectivity index (χ0) is 9.54. The maximum Gasteiger partial charge on any atom is 0.212 e. The maximum absolute atomic E-state index is 4.60. The second-order valence-corrected chi connectivity index (χ2v) is 4.77. The summed E-state index contributed by atoms with van der Waals surface area (Å²) in [5.41, 5.74) is 4.52. The van der Waals surface area contributed by atoms with Crippen molar-refractivity contribution in [3.8, 4) is 0 Å². The van der Waals surface area contributed by atoms with Gasteiger partial charge in [-0.3, -0.25) is 0 Å². The lowest BCUT2D eigenvalue weighted by molar-refractivity contribution is 0.432. The number of hydrogen-bond acceptors (Lipinski definition) is 3. The molecule has 0 amide bonds. The fourth-order valence-corrected chi connectivity index (χ4v) is 2.90. The lowest BCUT2D eigenvalue weighted by Gasteiger charge is -2.19. The van der Waals surface area contributed by atoms with Gasteiger partial charge in [-0.05, 0) is 25.2 Å². The first kappa shape index (κ1) is 8.41. The van der Waals surface area contributed by atoms with Gasteiger partial charge in [-0.25, -0.2) is 9.50 Å². The normalized spacial score (nSPS) is 21.4. The van der Waals surface area contributed by atoms with Crippen molar-refractivity contribution in [1.82, 2.24) is 14.6 Å². The Morgan fingerprint density at radius 3 is 3.43 bits per heavy atom. The van der Waals surface area contributed by atoms with Crippen LogP contribution in [0, 0.1) is 5.92 Å². The smallest absolute Gasteiger partial charge is 0.212 e. The van der Waals surface area contributed by atoms with Gasteiger partial charge >= 0.3 is 0 Å². The Labute approximate surface area is 86.8 Å². The largest absolute Gasteiger partial charge is 0.222 e. The fourth-order valence-electron chi connectivity index (χ4n) is 2.25. The van der Waals surface area contributed by atoms with Gasteiger partial charge in [0.15, 0.2) is 0 Å². The van der Waals surface area contributed by atoms with E-state index >= 15 is 0 Å². The van der Waals surface area contributed by atoms with Crippen molar-refractivity contribution in [1.29, 1.82) is 0 Å². The molecular formula is C10H13N3S. The molecule has 1 aliphatic rings. The third kappa shape index (κ3) is 1.10. The van der Waals surface area contributed by atoms with Crippen LogP contribution in [0.2, 0.25) is 0 Å². The number of nitrogens with zero attached hydrogens (tertiary/aromatic N) is 3. The molecule has 0 saturated carbocycles. The lowest BCUT2D eigenvalue weighted by Crippen LogP contribution is -2.14. The summed E-state index contributed by atoms with van der Waals surface area (Å²) in [5.74, 6) is 0.837. The Morgan fingerprint density at radius 1 is 1.64 bits per heavy atom. The zero-order valence-corrected chi connectivity index (χ0v) is 9.05. The average molecular weight is 207 g/mol.